The highest BCUT2D eigenvalue weighted by Gasteiger charge is 2.24. The summed E-state index contributed by atoms with van der Waals surface area (Å²) in [6.45, 7) is 3.43. The van der Waals surface area contributed by atoms with E-state index in [0.29, 0.717) is 21.9 Å². The molecule has 3 nitrogen and oxygen atoms in total. The fourth-order valence-corrected chi connectivity index (χ4v) is 4.90. The number of sulfone groups is 1. The first kappa shape index (κ1) is 15.2. The van der Waals surface area contributed by atoms with Crippen LogP contribution in [0, 0.1) is 6.92 Å². The lowest BCUT2D eigenvalue weighted by Gasteiger charge is -2.04. The Bertz CT molecular complexity index is 743. The van der Waals surface area contributed by atoms with Crippen molar-refractivity contribution in [2.75, 3.05) is 0 Å². The summed E-state index contributed by atoms with van der Waals surface area (Å²) in [6, 6.07) is 6.01. The van der Waals surface area contributed by atoms with Crippen LogP contribution in [0.3, 0.4) is 0 Å². The van der Waals surface area contributed by atoms with Crippen LogP contribution in [0.15, 0.2) is 39.4 Å². The molecule has 0 saturated carbocycles. The second-order valence-corrected chi connectivity index (χ2v) is 7.52. The van der Waals surface area contributed by atoms with Gasteiger partial charge in [0.05, 0.1) is 14.7 Å². The van der Waals surface area contributed by atoms with Gasteiger partial charge < -0.3 is 0 Å². The molecule has 106 valence electrons. The van der Waals surface area contributed by atoms with Gasteiger partial charge in [-0.15, -0.1) is 11.3 Å². The van der Waals surface area contributed by atoms with Crippen LogP contribution in [-0.4, -0.2) is 14.2 Å². The highest BCUT2D eigenvalue weighted by molar-refractivity contribution is 7.91. The minimum Gasteiger partial charge on any atom is -0.293 e. The number of hydrogen-bond donors (Lipinski definition) is 0. The van der Waals surface area contributed by atoms with Gasteiger partial charge in [0.2, 0.25) is 9.84 Å². The summed E-state index contributed by atoms with van der Waals surface area (Å²) >= 11 is 6.94. The van der Waals surface area contributed by atoms with Gasteiger partial charge in [-0.1, -0.05) is 18.5 Å². The monoisotopic (exact) mass is 328 g/mol. The smallest absolute Gasteiger partial charge is 0.207 e. The van der Waals surface area contributed by atoms with E-state index in [1.807, 2.05) is 0 Å². The number of thiophene rings is 1. The van der Waals surface area contributed by atoms with Crippen LogP contribution in [0.25, 0.3) is 0 Å². The first-order valence-electron chi connectivity index (χ1n) is 6.00. The zero-order valence-corrected chi connectivity index (χ0v) is 13.4. The molecule has 0 unspecified atom stereocenters. The maximum Gasteiger partial charge on any atom is 0.207 e. The molecule has 0 N–H and O–H groups in total. The number of halogens is 1. The van der Waals surface area contributed by atoms with Crippen LogP contribution >= 0.6 is 22.9 Å². The van der Waals surface area contributed by atoms with Crippen molar-refractivity contribution in [3.63, 3.8) is 0 Å². The Balaban J connectivity index is 2.53. The van der Waals surface area contributed by atoms with Gasteiger partial charge in [-0.25, -0.2) is 8.42 Å². The van der Waals surface area contributed by atoms with Crippen molar-refractivity contribution in [2.45, 2.75) is 30.1 Å². The lowest BCUT2D eigenvalue weighted by Crippen LogP contribution is -2.04. The Labute approximate surface area is 127 Å². The predicted octanol–water partition coefficient (Wildman–Crippen LogP) is 4.14. The predicted molar refractivity (Wildman–Crippen MR) is 80.6 cm³/mol. The molecule has 0 fully saturated rings. The van der Waals surface area contributed by atoms with Crippen molar-refractivity contribution < 1.29 is 13.2 Å². The average Bonchev–Trinajstić information content (AvgIpc) is 2.81. The van der Waals surface area contributed by atoms with Gasteiger partial charge in [0.25, 0.3) is 0 Å². The Morgan fingerprint density at radius 3 is 2.40 bits per heavy atom. The van der Waals surface area contributed by atoms with E-state index in [-0.39, 0.29) is 15.6 Å². The van der Waals surface area contributed by atoms with Crippen molar-refractivity contribution >= 4 is 38.6 Å². The van der Waals surface area contributed by atoms with Gasteiger partial charge in [-0.05, 0) is 36.8 Å². The van der Waals surface area contributed by atoms with Crippen LogP contribution < -0.4 is 0 Å². The quantitative estimate of drug-likeness (QED) is 0.793. The highest BCUT2D eigenvalue weighted by Crippen LogP contribution is 2.31. The molecule has 1 aromatic carbocycles. The number of benzene rings is 1. The van der Waals surface area contributed by atoms with Crippen LogP contribution in [0.5, 0.6) is 0 Å². The van der Waals surface area contributed by atoms with Crippen molar-refractivity contribution in [3.8, 4) is 0 Å². The molecule has 0 atom stereocenters. The van der Waals surface area contributed by atoms with Crippen molar-refractivity contribution in [1.29, 1.82) is 0 Å². The number of ketones is 1. The lowest BCUT2D eigenvalue weighted by atomic mass is 10.2. The standard InChI is InChI=1S/C14H13ClO3S2/c1-3-12(16)14-9(2)13(8-19-14)20(17,18)11-6-4-10(15)5-7-11/h4-8H,3H2,1-2H3. The molecule has 0 aliphatic heterocycles. The van der Waals surface area contributed by atoms with Crippen LogP contribution in [-0.2, 0) is 9.84 Å². The Hall–Kier alpha value is -1.17. The maximum absolute atomic E-state index is 12.5. The molecule has 0 aliphatic carbocycles. The van der Waals surface area contributed by atoms with Gasteiger partial charge in [-0.3, -0.25) is 4.79 Å². The SMILES string of the molecule is CCC(=O)c1scc(S(=O)(=O)c2ccc(Cl)cc2)c1C. The van der Waals surface area contributed by atoms with E-state index in [2.05, 4.69) is 0 Å². The molecule has 20 heavy (non-hydrogen) atoms. The summed E-state index contributed by atoms with van der Waals surface area (Å²) in [5, 5.41) is 2.01. The van der Waals surface area contributed by atoms with Crippen molar-refractivity contribution in [3.05, 3.63) is 45.1 Å². The number of rotatable bonds is 4. The van der Waals surface area contributed by atoms with E-state index in [9.17, 15) is 13.2 Å². The third kappa shape index (κ3) is 2.66. The third-order valence-corrected chi connectivity index (χ3v) is 6.40. The second-order valence-electron chi connectivity index (χ2n) is 4.29. The minimum absolute atomic E-state index is 0.0370. The molecule has 0 saturated heterocycles. The Morgan fingerprint density at radius 2 is 1.85 bits per heavy atom. The molecule has 2 aromatic rings. The minimum atomic E-state index is -3.61. The molecule has 0 spiro atoms. The summed E-state index contributed by atoms with van der Waals surface area (Å²) in [4.78, 5) is 12.6. The zero-order chi connectivity index (χ0) is 14.9. The number of hydrogen-bond acceptors (Lipinski definition) is 4. The van der Waals surface area contributed by atoms with E-state index >= 15 is 0 Å². The van der Waals surface area contributed by atoms with Crippen molar-refractivity contribution in [2.24, 2.45) is 0 Å². The van der Waals surface area contributed by atoms with E-state index in [0.717, 1.165) is 0 Å². The fourth-order valence-electron chi connectivity index (χ4n) is 1.84. The normalized spacial score (nSPS) is 11.6. The molecular weight excluding hydrogens is 316 g/mol. The first-order chi connectivity index (χ1) is 9.37. The highest BCUT2D eigenvalue weighted by atomic mass is 35.5. The van der Waals surface area contributed by atoms with Gasteiger partial charge in [0.15, 0.2) is 5.78 Å². The molecule has 1 aromatic heterocycles. The molecular formula is C14H13ClO3S2. The molecule has 0 amide bonds. The zero-order valence-electron chi connectivity index (χ0n) is 11.0. The number of carbonyl (C=O) groups is 1. The number of carbonyl (C=O) groups excluding carboxylic acids is 1. The van der Waals surface area contributed by atoms with Crippen LogP contribution in [0.1, 0.15) is 28.6 Å². The Morgan fingerprint density at radius 1 is 1.25 bits per heavy atom. The van der Waals surface area contributed by atoms with E-state index < -0.39 is 9.84 Å². The van der Waals surface area contributed by atoms with Gasteiger partial charge in [0, 0.05) is 16.8 Å². The summed E-state index contributed by atoms with van der Waals surface area (Å²) < 4.78 is 25.1. The lowest BCUT2D eigenvalue weighted by molar-refractivity contribution is 0.0991. The molecule has 0 aliphatic rings. The second kappa shape index (κ2) is 5.68. The molecule has 0 bridgehead atoms. The van der Waals surface area contributed by atoms with Crippen LogP contribution in [0.4, 0.5) is 0 Å². The summed E-state index contributed by atoms with van der Waals surface area (Å²) in [5.74, 6) is -0.0370. The van der Waals surface area contributed by atoms with E-state index in [1.54, 1.807) is 13.8 Å². The average molecular weight is 329 g/mol. The molecule has 6 heteroatoms. The fraction of sp³-hybridized carbons (Fsp3) is 0.214. The van der Waals surface area contributed by atoms with E-state index in [4.69, 9.17) is 11.6 Å². The van der Waals surface area contributed by atoms with Crippen LogP contribution in [0.2, 0.25) is 5.02 Å². The van der Waals surface area contributed by atoms with Crippen molar-refractivity contribution in [1.82, 2.24) is 0 Å². The van der Waals surface area contributed by atoms with Gasteiger partial charge in [0.1, 0.15) is 0 Å². The summed E-state index contributed by atoms with van der Waals surface area (Å²) in [5.41, 5.74) is 0.525. The summed E-state index contributed by atoms with van der Waals surface area (Å²) in [6.07, 6.45) is 0.363. The third-order valence-electron chi connectivity index (χ3n) is 2.98. The first-order valence-corrected chi connectivity index (χ1v) is 8.74. The summed E-state index contributed by atoms with van der Waals surface area (Å²) in [7, 11) is -3.61. The number of Topliss-reactive ketones (excluding diaryl/α,β-unsaturated/α-hetero) is 1. The largest absolute Gasteiger partial charge is 0.293 e. The van der Waals surface area contributed by atoms with Gasteiger partial charge in [-0.2, -0.15) is 0 Å². The molecule has 2 rings (SSSR count). The maximum atomic E-state index is 12.5. The van der Waals surface area contributed by atoms with Gasteiger partial charge >= 0.3 is 0 Å². The molecule has 1 heterocycles. The molecule has 0 radical (unpaired) electrons. The topological polar surface area (TPSA) is 51.2 Å². The van der Waals surface area contributed by atoms with E-state index in [1.165, 1.54) is 41.0 Å². The Kier molecular flexibility index (Phi) is 4.32.